The summed E-state index contributed by atoms with van der Waals surface area (Å²) >= 11 is 0. The van der Waals surface area contributed by atoms with Gasteiger partial charge in [0, 0.05) is 13.2 Å². The molecule has 0 saturated heterocycles. The number of aromatic nitrogens is 1. The quantitative estimate of drug-likeness (QED) is 0.670. The first kappa shape index (κ1) is 10.8. The zero-order chi connectivity index (χ0) is 10.6. The summed E-state index contributed by atoms with van der Waals surface area (Å²) in [6.07, 6.45) is 0. The lowest BCUT2D eigenvalue weighted by atomic mass is 10.2. The number of aliphatic hydroxyl groups is 1. The first-order chi connectivity index (χ1) is 6.63. The highest BCUT2D eigenvalue weighted by atomic mass is 16.3. The molecule has 1 aromatic rings. The third-order valence-corrected chi connectivity index (χ3v) is 2.07. The number of hydrogen-bond donors (Lipinski definition) is 3. The van der Waals surface area contributed by atoms with Crippen molar-refractivity contribution in [1.82, 2.24) is 4.98 Å². The van der Waals surface area contributed by atoms with Gasteiger partial charge in [-0.1, -0.05) is 6.92 Å². The van der Waals surface area contributed by atoms with Crippen molar-refractivity contribution in [1.29, 1.82) is 0 Å². The Kier molecular flexibility index (Phi) is 3.71. The van der Waals surface area contributed by atoms with Crippen molar-refractivity contribution in [3.63, 3.8) is 0 Å². The highest BCUT2D eigenvalue weighted by Crippen LogP contribution is 2.11. The van der Waals surface area contributed by atoms with Crippen LogP contribution in [0.4, 0.5) is 11.5 Å². The molecule has 0 fully saturated rings. The second-order valence-electron chi connectivity index (χ2n) is 3.54. The molecule has 14 heavy (non-hydrogen) atoms. The Morgan fingerprint density at radius 3 is 2.86 bits per heavy atom. The van der Waals surface area contributed by atoms with Crippen molar-refractivity contribution in [2.75, 3.05) is 24.2 Å². The maximum Gasteiger partial charge on any atom is 0.126 e. The van der Waals surface area contributed by atoms with Crippen LogP contribution in [0, 0.1) is 12.8 Å². The summed E-state index contributed by atoms with van der Waals surface area (Å²) in [5.74, 6) is 1.03. The van der Waals surface area contributed by atoms with Crippen LogP contribution in [0.15, 0.2) is 12.1 Å². The van der Waals surface area contributed by atoms with Crippen LogP contribution in [0.2, 0.25) is 0 Å². The van der Waals surface area contributed by atoms with Crippen molar-refractivity contribution < 1.29 is 5.11 Å². The van der Waals surface area contributed by atoms with E-state index in [1.54, 1.807) is 0 Å². The zero-order valence-corrected chi connectivity index (χ0v) is 8.62. The fourth-order valence-electron chi connectivity index (χ4n) is 1.01. The minimum atomic E-state index is 0.182. The predicted molar refractivity (Wildman–Crippen MR) is 58.1 cm³/mol. The number of nitrogens with one attached hydrogen (secondary N) is 1. The number of nitrogens with zero attached hydrogens (tertiary/aromatic N) is 1. The Bertz CT molecular complexity index is 301. The second-order valence-corrected chi connectivity index (χ2v) is 3.54. The average Bonchev–Trinajstić information content (AvgIpc) is 2.19. The molecule has 0 aromatic carbocycles. The summed E-state index contributed by atoms with van der Waals surface area (Å²) < 4.78 is 0. The second kappa shape index (κ2) is 4.81. The number of nitrogens with two attached hydrogens (primary N) is 1. The largest absolute Gasteiger partial charge is 0.397 e. The Balaban J connectivity index is 2.55. The van der Waals surface area contributed by atoms with E-state index in [0.29, 0.717) is 12.2 Å². The highest BCUT2D eigenvalue weighted by molar-refractivity contribution is 5.48. The van der Waals surface area contributed by atoms with Gasteiger partial charge in [0.2, 0.25) is 0 Å². The van der Waals surface area contributed by atoms with E-state index in [1.807, 2.05) is 26.0 Å². The molecule has 78 valence electrons. The van der Waals surface area contributed by atoms with Crippen LogP contribution < -0.4 is 11.1 Å². The van der Waals surface area contributed by atoms with Crippen molar-refractivity contribution in [2.24, 2.45) is 5.92 Å². The van der Waals surface area contributed by atoms with Gasteiger partial charge >= 0.3 is 0 Å². The summed E-state index contributed by atoms with van der Waals surface area (Å²) in [6.45, 7) is 4.74. The maximum absolute atomic E-state index is 8.83. The topological polar surface area (TPSA) is 71.2 Å². The van der Waals surface area contributed by atoms with Crippen molar-refractivity contribution in [3.05, 3.63) is 17.8 Å². The molecule has 1 aromatic heterocycles. The zero-order valence-electron chi connectivity index (χ0n) is 8.62. The molecule has 4 nitrogen and oxygen atoms in total. The van der Waals surface area contributed by atoms with Crippen molar-refractivity contribution >= 4 is 11.5 Å². The molecule has 1 atom stereocenters. The molecule has 1 unspecified atom stereocenters. The van der Waals surface area contributed by atoms with Crippen LogP contribution >= 0.6 is 0 Å². The number of nitrogen functional groups attached to an aromatic ring is 1. The molecule has 0 aliphatic rings. The average molecular weight is 195 g/mol. The number of aryl methyl sites for hydroxylation is 1. The van der Waals surface area contributed by atoms with Crippen LogP contribution in [-0.2, 0) is 0 Å². The Morgan fingerprint density at radius 1 is 1.57 bits per heavy atom. The van der Waals surface area contributed by atoms with Crippen LogP contribution in [0.5, 0.6) is 0 Å². The van der Waals surface area contributed by atoms with Gasteiger partial charge in [0.15, 0.2) is 0 Å². The standard InChI is InChI=1S/C10H17N3O/c1-7(6-14)5-12-10-4-3-9(11)8(2)13-10/h3-4,7,14H,5-6,11H2,1-2H3,(H,12,13). The van der Waals surface area contributed by atoms with Gasteiger partial charge in [0.05, 0.1) is 11.4 Å². The van der Waals surface area contributed by atoms with Gasteiger partial charge in [-0.15, -0.1) is 0 Å². The molecule has 1 heterocycles. The van der Waals surface area contributed by atoms with Crippen LogP contribution in [-0.4, -0.2) is 23.2 Å². The van der Waals surface area contributed by atoms with E-state index < -0.39 is 0 Å². The predicted octanol–water partition coefficient (Wildman–Crippen LogP) is 1.01. The van der Waals surface area contributed by atoms with Crippen LogP contribution in [0.1, 0.15) is 12.6 Å². The summed E-state index contributed by atoms with van der Waals surface area (Å²) in [6, 6.07) is 3.67. The molecule has 4 N–H and O–H groups in total. The van der Waals surface area contributed by atoms with Gasteiger partial charge in [0.25, 0.3) is 0 Å². The third-order valence-electron chi connectivity index (χ3n) is 2.07. The van der Waals surface area contributed by atoms with Gasteiger partial charge in [-0.05, 0) is 25.0 Å². The minimum Gasteiger partial charge on any atom is -0.397 e. The lowest BCUT2D eigenvalue weighted by molar-refractivity contribution is 0.244. The Labute approximate surface area is 84.2 Å². The van der Waals surface area contributed by atoms with Gasteiger partial charge in [-0.25, -0.2) is 4.98 Å². The van der Waals surface area contributed by atoms with Gasteiger partial charge in [-0.3, -0.25) is 0 Å². The molecule has 1 rings (SSSR count). The summed E-state index contributed by atoms with van der Waals surface area (Å²) in [5.41, 5.74) is 7.17. The smallest absolute Gasteiger partial charge is 0.126 e. The molecule has 0 radical (unpaired) electrons. The van der Waals surface area contributed by atoms with E-state index >= 15 is 0 Å². The first-order valence-electron chi connectivity index (χ1n) is 4.71. The number of rotatable bonds is 4. The Hall–Kier alpha value is -1.29. The Morgan fingerprint density at radius 2 is 2.29 bits per heavy atom. The molecular formula is C10H17N3O. The van der Waals surface area contributed by atoms with E-state index in [0.717, 1.165) is 11.5 Å². The van der Waals surface area contributed by atoms with E-state index in [2.05, 4.69) is 10.3 Å². The molecule has 0 aliphatic heterocycles. The molecule has 4 heteroatoms. The lowest BCUT2D eigenvalue weighted by Gasteiger charge is -2.10. The van der Waals surface area contributed by atoms with E-state index in [9.17, 15) is 0 Å². The molecule has 0 bridgehead atoms. The fourth-order valence-corrected chi connectivity index (χ4v) is 1.01. The third kappa shape index (κ3) is 2.88. The molecule has 0 saturated carbocycles. The van der Waals surface area contributed by atoms with Crippen LogP contribution in [0.25, 0.3) is 0 Å². The van der Waals surface area contributed by atoms with Gasteiger partial charge < -0.3 is 16.2 Å². The fraction of sp³-hybridized carbons (Fsp3) is 0.500. The SMILES string of the molecule is Cc1nc(NCC(C)CO)ccc1N. The molecular weight excluding hydrogens is 178 g/mol. The van der Waals surface area contributed by atoms with Crippen molar-refractivity contribution in [3.8, 4) is 0 Å². The molecule has 0 amide bonds. The maximum atomic E-state index is 8.83. The lowest BCUT2D eigenvalue weighted by Crippen LogP contribution is -2.15. The summed E-state index contributed by atoms with van der Waals surface area (Å²) in [7, 11) is 0. The normalized spacial score (nSPS) is 12.5. The van der Waals surface area contributed by atoms with Gasteiger partial charge in [-0.2, -0.15) is 0 Å². The van der Waals surface area contributed by atoms with Crippen LogP contribution in [0.3, 0.4) is 0 Å². The summed E-state index contributed by atoms with van der Waals surface area (Å²) in [5, 5.41) is 12.0. The minimum absolute atomic E-state index is 0.182. The van der Waals surface area contributed by atoms with E-state index in [4.69, 9.17) is 10.8 Å². The number of hydrogen-bond acceptors (Lipinski definition) is 4. The van der Waals surface area contributed by atoms with Gasteiger partial charge in [0.1, 0.15) is 5.82 Å². The highest BCUT2D eigenvalue weighted by Gasteiger charge is 2.01. The number of anilines is 2. The monoisotopic (exact) mass is 195 g/mol. The number of aliphatic hydroxyl groups excluding tert-OH is 1. The van der Waals surface area contributed by atoms with E-state index in [-0.39, 0.29) is 12.5 Å². The van der Waals surface area contributed by atoms with Crippen molar-refractivity contribution in [2.45, 2.75) is 13.8 Å². The summed E-state index contributed by atoms with van der Waals surface area (Å²) in [4.78, 5) is 4.26. The number of pyridine rings is 1. The molecule has 0 spiro atoms. The first-order valence-corrected chi connectivity index (χ1v) is 4.71. The molecule has 0 aliphatic carbocycles. The van der Waals surface area contributed by atoms with E-state index in [1.165, 1.54) is 0 Å².